The van der Waals surface area contributed by atoms with Gasteiger partial charge in [0, 0.05) is 19.2 Å². The summed E-state index contributed by atoms with van der Waals surface area (Å²) in [6, 6.07) is 6.63. The molecule has 2 aromatic carbocycles. The normalized spacial score (nSPS) is 15.3. The summed E-state index contributed by atoms with van der Waals surface area (Å²) in [6.07, 6.45) is 1.73. The monoisotopic (exact) mass is 520 g/mol. The molecule has 0 radical (unpaired) electrons. The molecule has 1 amide bonds. The number of aromatic amines is 2. The van der Waals surface area contributed by atoms with Crippen LogP contribution in [0.5, 0.6) is 0 Å². The predicted octanol–water partition coefficient (Wildman–Crippen LogP) is 1.82. The molecule has 196 valence electrons. The van der Waals surface area contributed by atoms with Gasteiger partial charge in [0.2, 0.25) is 0 Å². The SMILES string of the molecule is Cc1nc2cc3c(cc2c(=O)[nH]1)C(N(C)c1ccc(C(=O)N[C@@H](CCc2nn[nH]n2)C(=O)O)c(F)c1)CC3. The van der Waals surface area contributed by atoms with Crippen LogP contribution in [0.2, 0.25) is 0 Å². The minimum atomic E-state index is -1.26. The Balaban J connectivity index is 1.33. The summed E-state index contributed by atoms with van der Waals surface area (Å²) in [5.41, 5.74) is 2.78. The molecule has 4 N–H and O–H groups in total. The Hall–Kier alpha value is -4.68. The van der Waals surface area contributed by atoms with Crippen molar-refractivity contribution in [3.63, 3.8) is 0 Å². The molecule has 2 heterocycles. The molecule has 0 bridgehead atoms. The molecule has 0 fully saturated rings. The largest absolute Gasteiger partial charge is 0.480 e. The van der Waals surface area contributed by atoms with Crippen molar-refractivity contribution < 1.29 is 19.1 Å². The van der Waals surface area contributed by atoms with Gasteiger partial charge in [0.05, 0.1) is 22.5 Å². The number of benzene rings is 2. The summed E-state index contributed by atoms with van der Waals surface area (Å²) >= 11 is 0. The Bertz CT molecular complexity index is 1590. The van der Waals surface area contributed by atoms with Crippen LogP contribution in [0.15, 0.2) is 35.1 Å². The van der Waals surface area contributed by atoms with Crippen LogP contribution in [0.1, 0.15) is 52.0 Å². The zero-order chi connectivity index (χ0) is 27.0. The number of aryl methyl sites for hydroxylation is 3. The molecule has 2 atom stereocenters. The molecule has 1 aliphatic carbocycles. The van der Waals surface area contributed by atoms with E-state index in [9.17, 15) is 19.5 Å². The topological polar surface area (TPSA) is 170 Å². The highest BCUT2D eigenvalue weighted by molar-refractivity contribution is 5.97. The van der Waals surface area contributed by atoms with E-state index in [2.05, 4.69) is 35.9 Å². The standard InChI is InChI=1S/C25H25FN8O4/c1-12-27-20-9-13-3-7-21(16(13)11-17(20)24(36)28-12)34(2)14-4-5-15(18(26)10-14)23(35)29-19(25(37)38)6-8-22-30-32-33-31-22/h4-5,9-11,19,21H,3,6-8H2,1-2H3,(H,29,35)(H,37,38)(H,27,28,36)(H,30,31,32,33)/t19-,21?/m0/s1. The molecule has 12 nitrogen and oxygen atoms in total. The lowest BCUT2D eigenvalue weighted by molar-refractivity contribution is -0.139. The zero-order valence-corrected chi connectivity index (χ0v) is 20.7. The van der Waals surface area contributed by atoms with Crippen LogP contribution in [0.3, 0.4) is 0 Å². The third-order valence-electron chi connectivity index (χ3n) is 6.85. The van der Waals surface area contributed by atoms with E-state index in [0.29, 0.717) is 28.2 Å². The van der Waals surface area contributed by atoms with Gasteiger partial charge < -0.3 is 20.3 Å². The highest BCUT2D eigenvalue weighted by Crippen LogP contribution is 2.39. The van der Waals surface area contributed by atoms with Crippen LogP contribution in [0.4, 0.5) is 10.1 Å². The number of fused-ring (bicyclic) bond motifs is 2. The minimum Gasteiger partial charge on any atom is -0.480 e. The summed E-state index contributed by atoms with van der Waals surface area (Å²) in [4.78, 5) is 45.9. The first-order valence-electron chi connectivity index (χ1n) is 12.0. The van der Waals surface area contributed by atoms with Gasteiger partial charge in [0.1, 0.15) is 17.7 Å². The first-order valence-corrected chi connectivity index (χ1v) is 12.0. The van der Waals surface area contributed by atoms with Gasteiger partial charge in [-0.05, 0) is 67.6 Å². The van der Waals surface area contributed by atoms with Crippen molar-refractivity contribution in [3.05, 3.63) is 74.8 Å². The Kier molecular flexibility index (Phi) is 6.57. The maximum Gasteiger partial charge on any atom is 0.326 e. The molecule has 2 aromatic heterocycles. The number of hydrogen-bond donors (Lipinski definition) is 4. The number of aromatic nitrogens is 6. The van der Waals surface area contributed by atoms with Crippen molar-refractivity contribution in [2.75, 3.05) is 11.9 Å². The number of nitrogens with zero attached hydrogens (tertiary/aromatic N) is 5. The summed E-state index contributed by atoms with van der Waals surface area (Å²) in [6.45, 7) is 1.74. The molecule has 1 unspecified atom stereocenters. The van der Waals surface area contributed by atoms with Gasteiger partial charge >= 0.3 is 5.97 Å². The number of amides is 1. The number of tetrazole rings is 1. The van der Waals surface area contributed by atoms with Crippen LogP contribution in [-0.2, 0) is 17.6 Å². The number of H-pyrrole nitrogens is 2. The molecular formula is C25H25FN8O4. The fraction of sp³-hybridized carbons (Fsp3) is 0.320. The fourth-order valence-corrected chi connectivity index (χ4v) is 4.88. The number of carbonyl (C=O) groups is 2. The highest BCUT2D eigenvalue weighted by Gasteiger charge is 2.29. The Morgan fingerprint density at radius 3 is 2.82 bits per heavy atom. The molecule has 0 saturated heterocycles. The summed E-state index contributed by atoms with van der Waals surface area (Å²) in [7, 11) is 1.83. The highest BCUT2D eigenvalue weighted by atomic mass is 19.1. The van der Waals surface area contributed by atoms with Gasteiger partial charge in [-0.2, -0.15) is 5.21 Å². The molecule has 0 aliphatic heterocycles. The number of carboxylic acids is 1. The number of aliphatic carboxylic acids is 1. The third kappa shape index (κ3) is 4.82. The van der Waals surface area contributed by atoms with Gasteiger partial charge in [0.25, 0.3) is 11.5 Å². The molecule has 5 rings (SSSR count). The predicted molar refractivity (Wildman–Crippen MR) is 134 cm³/mol. The second-order valence-corrected chi connectivity index (χ2v) is 9.28. The van der Waals surface area contributed by atoms with Crippen molar-refractivity contribution in [1.82, 2.24) is 35.9 Å². The molecule has 0 saturated carbocycles. The van der Waals surface area contributed by atoms with Crippen LogP contribution >= 0.6 is 0 Å². The van der Waals surface area contributed by atoms with Crippen LogP contribution in [-0.4, -0.2) is 60.7 Å². The van der Waals surface area contributed by atoms with Crippen LogP contribution in [0.25, 0.3) is 10.9 Å². The van der Waals surface area contributed by atoms with Gasteiger partial charge in [-0.25, -0.2) is 14.2 Å². The Morgan fingerprint density at radius 2 is 2.11 bits per heavy atom. The van der Waals surface area contributed by atoms with E-state index in [1.54, 1.807) is 13.0 Å². The summed E-state index contributed by atoms with van der Waals surface area (Å²) in [5, 5.41) is 25.5. The van der Waals surface area contributed by atoms with Gasteiger partial charge in [-0.1, -0.05) is 5.21 Å². The Morgan fingerprint density at radius 1 is 1.29 bits per heavy atom. The number of carbonyl (C=O) groups excluding carboxylic acids is 1. The molecule has 4 aromatic rings. The van der Waals surface area contributed by atoms with E-state index in [-0.39, 0.29) is 30.0 Å². The number of anilines is 1. The molecular weight excluding hydrogens is 495 g/mol. The maximum absolute atomic E-state index is 15.1. The summed E-state index contributed by atoms with van der Waals surface area (Å²) < 4.78 is 15.1. The summed E-state index contributed by atoms with van der Waals surface area (Å²) in [5.74, 6) is -2.01. The molecule has 1 aliphatic rings. The zero-order valence-electron chi connectivity index (χ0n) is 20.7. The average molecular weight is 521 g/mol. The van der Waals surface area contributed by atoms with E-state index in [0.717, 1.165) is 24.0 Å². The lowest BCUT2D eigenvalue weighted by Gasteiger charge is -2.28. The lowest BCUT2D eigenvalue weighted by Crippen LogP contribution is -2.41. The van der Waals surface area contributed by atoms with Gasteiger partial charge in [0.15, 0.2) is 5.82 Å². The quantitative estimate of drug-likeness (QED) is 0.271. The molecule has 13 heteroatoms. The third-order valence-corrected chi connectivity index (χ3v) is 6.85. The fourth-order valence-electron chi connectivity index (χ4n) is 4.88. The van der Waals surface area contributed by atoms with E-state index in [1.165, 1.54) is 12.1 Å². The number of rotatable bonds is 8. The number of carboxylic acid groups (broad SMARTS) is 1. The molecule has 0 spiro atoms. The minimum absolute atomic E-state index is 0.0107. The van der Waals surface area contributed by atoms with Crippen molar-refractivity contribution in [2.45, 2.75) is 44.7 Å². The van der Waals surface area contributed by atoms with E-state index < -0.39 is 23.7 Å². The van der Waals surface area contributed by atoms with Crippen molar-refractivity contribution in [2.24, 2.45) is 0 Å². The van der Waals surface area contributed by atoms with E-state index in [1.807, 2.05) is 24.1 Å². The second-order valence-electron chi connectivity index (χ2n) is 9.28. The average Bonchev–Trinajstić information content (AvgIpc) is 3.54. The lowest BCUT2D eigenvalue weighted by atomic mass is 10.0. The first-order chi connectivity index (χ1) is 18.2. The van der Waals surface area contributed by atoms with Gasteiger partial charge in [-0.15, -0.1) is 10.2 Å². The van der Waals surface area contributed by atoms with E-state index >= 15 is 4.39 Å². The van der Waals surface area contributed by atoms with Crippen molar-refractivity contribution >= 4 is 28.5 Å². The van der Waals surface area contributed by atoms with Crippen LogP contribution in [0, 0.1) is 12.7 Å². The number of nitrogens with one attached hydrogen (secondary N) is 3. The Labute approximate surface area is 215 Å². The maximum atomic E-state index is 15.1. The van der Waals surface area contributed by atoms with Crippen molar-refractivity contribution in [3.8, 4) is 0 Å². The van der Waals surface area contributed by atoms with Crippen LogP contribution < -0.4 is 15.8 Å². The number of halogens is 1. The first kappa shape index (κ1) is 25.0. The number of hydrogen-bond acceptors (Lipinski definition) is 8. The van der Waals surface area contributed by atoms with Crippen molar-refractivity contribution in [1.29, 1.82) is 0 Å². The van der Waals surface area contributed by atoms with E-state index in [4.69, 9.17) is 0 Å². The van der Waals surface area contributed by atoms with Gasteiger partial charge in [-0.3, -0.25) is 9.59 Å². The smallest absolute Gasteiger partial charge is 0.326 e. The second kappa shape index (κ2) is 10.00. The molecule has 38 heavy (non-hydrogen) atoms.